The first-order chi connectivity index (χ1) is 9.71. The molecular formula is C13H15F3N2O3. The first-order valence-corrected chi connectivity index (χ1v) is 6.15. The van der Waals surface area contributed by atoms with E-state index in [1.807, 2.05) is 5.32 Å². The summed E-state index contributed by atoms with van der Waals surface area (Å²) in [5, 5.41) is 13.1. The molecule has 1 unspecified atom stereocenters. The third kappa shape index (κ3) is 5.42. The van der Waals surface area contributed by atoms with Crippen LogP contribution in [0.4, 0.5) is 18.9 Å². The van der Waals surface area contributed by atoms with Crippen LogP contribution in [0.2, 0.25) is 0 Å². The fourth-order valence-electron chi connectivity index (χ4n) is 1.49. The van der Waals surface area contributed by atoms with Crippen molar-refractivity contribution in [2.45, 2.75) is 25.6 Å². The Balaban J connectivity index is 2.69. The summed E-state index contributed by atoms with van der Waals surface area (Å²) in [5.74, 6) is -2.26. The average molecular weight is 304 g/mol. The number of hydrogen-bond donors (Lipinski definition) is 3. The molecule has 1 aromatic carbocycles. The zero-order chi connectivity index (χ0) is 16.0. The molecule has 1 aromatic rings. The van der Waals surface area contributed by atoms with E-state index in [2.05, 4.69) is 5.32 Å². The number of amides is 2. The van der Waals surface area contributed by atoms with Crippen LogP contribution < -0.4 is 10.6 Å². The van der Waals surface area contributed by atoms with Crippen LogP contribution in [0.3, 0.4) is 0 Å². The summed E-state index contributed by atoms with van der Waals surface area (Å²) in [6.07, 6.45) is -5.05. The number of carbonyl (C=O) groups excluding carboxylic acids is 2. The molecule has 0 saturated heterocycles. The van der Waals surface area contributed by atoms with Gasteiger partial charge in [0.05, 0.1) is 17.4 Å². The molecule has 0 aliphatic rings. The highest BCUT2D eigenvalue weighted by Crippen LogP contribution is 2.34. The molecule has 8 heteroatoms. The molecule has 0 spiro atoms. The van der Waals surface area contributed by atoms with Gasteiger partial charge in [0.15, 0.2) is 0 Å². The SMILES string of the molecule is CC(O)CCNC(=O)C(=O)Nc1ccccc1C(F)(F)F. The molecule has 0 fully saturated rings. The van der Waals surface area contributed by atoms with Gasteiger partial charge in [-0.05, 0) is 25.5 Å². The van der Waals surface area contributed by atoms with E-state index in [0.29, 0.717) is 0 Å². The van der Waals surface area contributed by atoms with Gasteiger partial charge in [0.2, 0.25) is 0 Å². The molecule has 5 nitrogen and oxygen atoms in total. The minimum Gasteiger partial charge on any atom is -0.393 e. The normalized spacial score (nSPS) is 12.6. The fourth-order valence-corrected chi connectivity index (χ4v) is 1.49. The molecule has 0 aliphatic heterocycles. The number of anilines is 1. The monoisotopic (exact) mass is 304 g/mol. The average Bonchev–Trinajstić information content (AvgIpc) is 2.37. The van der Waals surface area contributed by atoms with Gasteiger partial charge in [-0.2, -0.15) is 13.2 Å². The van der Waals surface area contributed by atoms with E-state index in [9.17, 15) is 22.8 Å². The van der Waals surface area contributed by atoms with Crippen LogP contribution in [0.25, 0.3) is 0 Å². The highest BCUT2D eigenvalue weighted by atomic mass is 19.4. The lowest BCUT2D eigenvalue weighted by Gasteiger charge is -2.13. The van der Waals surface area contributed by atoms with Gasteiger partial charge in [0, 0.05) is 6.54 Å². The summed E-state index contributed by atoms with van der Waals surface area (Å²) in [4.78, 5) is 22.9. The zero-order valence-electron chi connectivity index (χ0n) is 11.2. The number of benzene rings is 1. The first-order valence-electron chi connectivity index (χ1n) is 6.15. The van der Waals surface area contributed by atoms with Crippen LogP contribution in [-0.2, 0) is 15.8 Å². The van der Waals surface area contributed by atoms with Gasteiger partial charge in [0.25, 0.3) is 0 Å². The predicted octanol–water partition coefficient (Wildman–Crippen LogP) is 1.53. The quantitative estimate of drug-likeness (QED) is 0.738. The Morgan fingerprint density at radius 1 is 1.24 bits per heavy atom. The van der Waals surface area contributed by atoms with Crippen LogP contribution in [0.1, 0.15) is 18.9 Å². The maximum Gasteiger partial charge on any atom is 0.418 e. The maximum absolute atomic E-state index is 12.7. The van der Waals surface area contributed by atoms with Crippen molar-refractivity contribution >= 4 is 17.5 Å². The number of halogens is 3. The maximum atomic E-state index is 12.7. The van der Waals surface area contributed by atoms with E-state index in [4.69, 9.17) is 5.11 Å². The summed E-state index contributed by atoms with van der Waals surface area (Å²) in [6, 6.07) is 4.36. The van der Waals surface area contributed by atoms with Crippen molar-refractivity contribution in [1.29, 1.82) is 0 Å². The summed E-state index contributed by atoms with van der Waals surface area (Å²) in [7, 11) is 0. The Labute approximate surface area is 119 Å². The minimum absolute atomic E-state index is 0.0465. The molecule has 2 amide bonds. The fraction of sp³-hybridized carbons (Fsp3) is 0.385. The van der Waals surface area contributed by atoms with Crippen LogP contribution in [-0.4, -0.2) is 29.6 Å². The molecule has 1 rings (SSSR count). The number of hydrogen-bond acceptors (Lipinski definition) is 3. The van der Waals surface area contributed by atoms with E-state index in [-0.39, 0.29) is 13.0 Å². The Morgan fingerprint density at radius 2 is 1.86 bits per heavy atom. The van der Waals surface area contributed by atoms with E-state index in [0.717, 1.165) is 12.1 Å². The van der Waals surface area contributed by atoms with Crippen LogP contribution in [0.15, 0.2) is 24.3 Å². The molecule has 0 saturated carbocycles. The van der Waals surface area contributed by atoms with E-state index < -0.39 is 35.3 Å². The molecule has 1 atom stereocenters. The van der Waals surface area contributed by atoms with Crippen molar-refractivity contribution in [1.82, 2.24) is 5.32 Å². The molecule has 0 aliphatic carbocycles. The molecule has 0 bridgehead atoms. The zero-order valence-corrected chi connectivity index (χ0v) is 11.2. The molecule has 21 heavy (non-hydrogen) atoms. The number of carbonyl (C=O) groups is 2. The molecule has 0 aromatic heterocycles. The number of nitrogens with one attached hydrogen (secondary N) is 2. The summed E-state index contributed by atoms with van der Waals surface area (Å²) in [5.41, 5.74) is -1.52. The third-order valence-corrected chi connectivity index (χ3v) is 2.53. The second-order valence-corrected chi connectivity index (χ2v) is 4.39. The largest absolute Gasteiger partial charge is 0.418 e. The molecule has 0 radical (unpaired) electrons. The van der Waals surface area contributed by atoms with Gasteiger partial charge in [0.1, 0.15) is 0 Å². The highest BCUT2D eigenvalue weighted by molar-refractivity contribution is 6.39. The Kier molecular flexibility index (Phi) is 5.71. The van der Waals surface area contributed by atoms with Crippen molar-refractivity contribution in [3.05, 3.63) is 29.8 Å². The van der Waals surface area contributed by atoms with E-state index >= 15 is 0 Å². The lowest BCUT2D eigenvalue weighted by molar-refractivity contribution is -0.138. The number of para-hydroxylation sites is 1. The van der Waals surface area contributed by atoms with Crippen molar-refractivity contribution in [2.75, 3.05) is 11.9 Å². The Morgan fingerprint density at radius 3 is 2.43 bits per heavy atom. The van der Waals surface area contributed by atoms with Crippen molar-refractivity contribution in [3.8, 4) is 0 Å². The molecule has 3 N–H and O–H groups in total. The van der Waals surface area contributed by atoms with Crippen molar-refractivity contribution < 1.29 is 27.9 Å². The van der Waals surface area contributed by atoms with Gasteiger partial charge < -0.3 is 15.7 Å². The van der Waals surface area contributed by atoms with Gasteiger partial charge in [-0.25, -0.2) is 0 Å². The lowest BCUT2D eigenvalue weighted by atomic mass is 10.1. The number of alkyl halides is 3. The van der Waals surface area contributed by atoms with E-state index in [1.165, 1.54) is 19.1 Å². The lowest BCUT2D eigenvalue weighted by Crippen LogP contribution is -2.37. The van der Waals surface area contributed by atoms with Crippen LogP contribution in [0.5, 0.6) is 0 Å². The third-order valence-electron chi connectivity index (χ3n) is 2.53. The summed E-state index contributed by atoms with van der Waals surface area (Å²) >= 11 is 0. The number of aliphatic hydroxyl groups is 1. The van der Waals surface area contributed by atoms with Crippen molar-refractivity contribution in [2.24, 2.45) is 0 Å². The van der Waals surface area contributed by atoms with Gasteiger partial charge in [-0.1, -0.05) is 12.1 Å². The first kappa shape index (κ1) is 17.0. The summed E-state index contributed by atoms with van der Waals surface area (Å²) in [6.45, 7) is 1.55. The van der Waals surface area contributed by atoms with Crippen LogP contribution in [0, 0.1) is 0 Å². The minimum atomic E-state index is -4.63. The smallest absolute Gasteiger partial charge is 0.393 e. The summed E-state index contributed by atoms with van der Waals surface area (Å²) < 4.78 is 38.1. The van der Waals surface area contributed by atoms with Crippen molar-refractivity contribution in [3.63, 3.8) is 0 Å². The molecular weight excluding hydrogens is 289 g/mol. The number of rotatable bonds is 4. The highest BCUT2D eigenvalue weighted by Gasteiger charge is 2.33. The Hall–Kier alpha value is -2.09. The molecule has 116 valence electrons. The van der Waals surface area contributed by atoms with Gasteiger partial charge >= 0.3 is 18.0 Å². The standard InChI is InChI=1S/C13H15F3N2O3/c1-8(19)6-7-17-11(20)12(21)18-10-5-3-2-4-9(10)13(14,15)16/h2-5,8,19H,6-7H2,1H3,(H,17,20)(H,18,21). The Bertz CT molecular complexity index is 516. The van der Waals surface area contributed by atoms with Gasteiger partial charge in [-0.3, -0.25) is 9.59 Å². The number of aliphatic hydroxyl groups excluding tert-OH is 1. The van der Waals surface area contributed by atoms with Gasteiger partial charge in [-0.15, -0.1) is 0 Å². The molecule has 0 heterocycles. The second-order valence-electron chi connectivity index (χ2n) is 4.39. The van der Waals surface area contributed by atoms with Crippen LogP contribution >= 0.6 is 0 Å². The van der Waals surface area contributed by atoms with E-state index in [1.54, 1.807) is 0 Å². The topological polar surface area (TPSA) is 78.4 Å². The predicted molar refractivity (Wildman–Crippen MR) is 69.4 cm³/mol. The second kappa shape index (κ2) is 7.07.